The Kier molecular flexibility index (Phi) is 4.88. The molecule has 5 aromatic rings. The van der Waals surface area contributed by atoms with E-state index in [1.807, 2.05) is 37.1 Å². The molecule has 34 heavy (non-hydrogen) atoms. The van der Waals surface area contributed by atoms with E-state index in [0.29, 0.717) is 0 Å². The number of aliphatic hydroxyl groups is 1. The molecular formula is C27H27N5O2. The van der Waals surface area contributed by atoms with Gasteiger partial charge in [0, 0.05) is 37.3 Å². The molecule has 7 heteroatoms. The number of aliphatic hydroxyl groups excluding tert-OH is 1. The van der Waals surface area contributed by atoms with E-state index >= 15 is 0 Å². The molecule has 1 aliphatic carbocycles. The van der Waals surface area contributed by atoms with E-state index in [4.69, 9.17) is 0 Å². The van der Waals surface area contributed by atoms with Crippen molar-refractivity contribution in [2.75, 3.05) is 0 Å². The quantitative estimate of drug-likeness (QED) is 0.438. The van der Waals surface area contributed by atoms with Crippen LogP contribution in [0.1, 0.15) is 31.7 Å². The predicted octanol–water partition coefficient (Wildman–Crippen LogP) is 4.43. The summed E-state index contributed by atoms with van der Waals surface area (Å²) in [6.07, 6.45) is 8.48. The van der Waals surface area contributed by atoms with Gasteiger partial charge in [-0.05, 0) is 54.5 Å². The van der Waals surface area contributed by atoms with Gasteiger partial charge in [0.05, 0.1) is 35.0 Å². The van der Waals surface area contributed by atoms with Crippen LogP contribution in [0, 0.1) is 0 Å². The molecule has 0 bridgehead atoms. The first-order valence-electron chi connectivity index (χ1n) is 11.8. The average molecular weight is 454 g/mol. The van der Waals surface area contributed by atoms with Crippen LogP contribution in [0.25, 0.3) is 44.2 Å². The number of nitrogens with zero attached hydrogens (tertiary/aromatic N) is 5. The minimum absolute atomic E-state index is 0.0167. The molecule has 3 heterocycles. The van der Waals surface area contributed by atoms with Crippen molar-refractivity contribution in [2.45, 2.75) is 37.8 Å². The highest BCUT2D eigenvalue weighted by molar-refractivity contribution is 6.04. The van der Waals surface area contributed by atoms with E-state index in [1.54, 1.807) is 15.4 Å². The van der Waals surface area contributed by atoms with Gasteiger partial charge in [0.1, 0.15) is 0 Å². The van der Waals surface area contributed by atoms with Gasteiger partial charge in [-0.3, -0.25) is 18.8 Å². The number of imidazole rings is 1. The fraction of sp³-hybridized carbons (Fsp3) is 0.296. The zero-order valence-corrected chi connectivity index (χ0v) is 19.3. The molecule has 0 saturated heterocycles. The number of aromatic nitrogens is 5. The standard InChI is InChI=1S/C27H27N5O2/c1-30-16-20(14-29-30)18-5-3-17(4-6-18)19-7-12-24-23(13-19)26-25(15-28-24)31(2)27(34)32(26)21-8-10-22(33)11-9-21/h3-7,12-16,21-22,33H,8-11H2,1-2H3. The van der Waals surface area contributed by atoms with Gasteiger partial charge < -0.3 is 5.11 Å². The zero-order valence-electron chi connectivity index (χ0n) is 19.3. The number of rotatable bonds is 3. The van der Waals surface area contributed by atoms with Crippen molar-refractivity contribution in [3.8, 4) is 22.3 Å². The maximum atomic E-state index is 13.3. The number of hydrogen-bond acceptors (Lipinski definition) is 4. The summed E-state index contributed by atoms with van der Waals surface area (Å²) < 4.78 is 5.44. The number of hydrogen-bond donors (Lipinski definition) is 1. The second-order valence-electron chi connectivity index (χ2n) is 9.38. The average Bonchev–Trinajstić information content (AvgIpc) is 3.41. The van der Waals surface area contributed by atoms with E-state index in [-0.39, 0.29) is 17.8 Å². The minimum Gasteiger partial charge on any atom is -0.393 e. The smallest absolute Gasteiger partial charge is 0.329 e. The number of aryl methyl sites for hydroxylation is 2. The first-order valence-corrected chi connectivity index (χ1v) is 11.8. The number of benzene rings is 2. The summed E-state index contributed by atoms with van der Waals surface area (Å²) in [4.78, 5) is 17.9. The molecule has 0 unspecified atom stereocenters. The van der Waals surface area contributed by atoms with Crippen LogP contribution < -0.4 is 5.69 Å². The van der Waals surface area contributed by atoms with Crippen LogP contribution in [0.3, 0.4) is 0 Å². The molecule has 1 saturated carbocycles. The Morgan fingerprint density at radius 2 is 1.56 bits per heavy atom. The van der Waals surface area contributed by atoms with Gasteiger partial charge >= 0.3 is 5.69 Å². The van der Waals surface area contributed by atoms with Crippen LogP contribution in [0.2, 0.25) is 0 Å². The van der Waals surface area contributed by atoms with Gasteiger partial charge in [0.25, 0.3) is 0 Å². The lowest BCUT2D eigenvalue weighted by Crippen LogP contribution is -2.29. The fourth-order valence-corrected chi connectivity index (χ4v) is 5.29. The van der Waals surface area contributed by atoms with Gasteiger partial charge in [-0.15, -0.1) is 0 Å². The monoisotopic (exact) mass is 453 g/mol. The van der Waals surface area contributed by atoms with Gasteiger partial charge in [-0.25, -0.2) is 4.79 Å². The molecule has 3 aromatic heterocycles. The summed E-state index contributed by atoms with van der Waals surface area (Å²) in [6.45, 7) is 0. The topological polar surface area (TPSA) is 77.9 Å². The molecule has 172 valence electrons. The lowest BCUT2D eigenvalue weighted by Gasteiger charge is -2.26. The number of fused-ring (bicyclic) bond motifs is 3. The summed E-state index contributed by atoms with van der Waals surface area (Å²) >= 11 is 0. The molecule has 1 fully saturated rings. The predicted molar refractivity (Wildman–Crippen MR) is 134 cm³/mol. The van der Waals surface area contributed by atoms with Crippen molar-refractivity contribution in [3.63, 3.8) is 0 Å². The van der Waals surface area contributed by atoms with Gasteiger partial charge in [-0.1, -0.05) is 30.3 Å². The Balaban J connectivity index is 1.48. The third-order valence-electron chi connectivity index (χ3n) is 7.20. The molecule has 1 N–H and O–H groups in total. The second kappa shape index (κ2) is 7.95. The van der Waals surface area contributed by atoms with Crippen molar-refractivity contribution in [3.05, 3.63) is 71.5 Å². The molecule has 0 spiro atoms. The molecule has 0 aliphatic heterocycles. The summed E-state index contributed by atoms with van der Waals surface area (Å²) in [7, 11) is 3.73. The maximum absolute atomic E-state index is 13.3. The van der Waals surface area contributed by atoms with Crippen molar-refractivity contribution in [1.82, 2.24) is 23.9 Å². The van der Waals surface area contributed by atoms with E-state index in [9.17, 15) is 9.90 Å². The van der Waals surface area contributed by atoms with Gasteiger partial charge in [-0.2, -0.15) is 5.10 Å². The zero-order chi connectivity index (χ0) is 23.4. The minimum atomic E-state index is -0.262. The molecule has 6 rings (SSSR count). The normalized spacial score (nSPS) is 18.7. The third-order valence-corrected chi connectivity index (χ3v) is 7.20. The van der Waals surface area contributed by atoms with Crippen LogP contribution >= 0.6 is 0 Å². The van der Waals surface area contributed by atoms with Crippen LogP contribution in [-0.2, 0) is 14.1 Å². The molecule has 0 atom stereocenters. The first kappa shape index (κ1) is 20.9. The summed E-state index contributed by atoms with van der Waals surface area (Å²) in [5, 5.41) is 15.2. The van der Waals surface area contributed by atoms with Crippen LogP contribution in [0.4, 0.5) is 0 Å². The Morgan fingerprint density at radius 1 is 0.882 bits per heavy atom. The highest BCUT2D eigenvalue weighted by atomic mass is 16.3. The Morgan fingerprint density at radius 3 is 2.24 bits per heavy atom. The Hall–Kier alpha value is -3.71. The van der Waals surface area contributed by atoms with Crippen LogP contribution in [0.5, 0.6) is 0 Å². The maximum Gasteiger partial charge on any atom is 0.329 e. The van der Waals surface area contributed by atoms with Gasteiger partial charge in [0.2, 0.25) is 0 Å². The van der Waals surface area contributed by atoms with Crippen molar-refractivity contribution in [2.24, 2.45) is 14.1 Å². The molecule has 0 amide bonds. The van der Waals surface area contributed by atoms with Crippen molar-refractivity contribution < 1.29 is 5.11 Å². The highest BCUT2D eigenvalue weighted by Crippen LogP contribution is 2.34. The van der Waals surface area contributed by atoms with Crippen LogP contribution in [-0.4, -0.2) is 35.1 Å². The SMILES string of the molecule is Cn1cc(-c2ccc(-c3ccc4ncc5c(c4c3)n(C3CCC(O)CC3)c(=O)n5C)cc2)cn1. The Bertz CT molecular complexity index is 1570. The summed E-state index contributed by atoms with van der Waals surface area (Å²) in [5.74, 6) is 0. The van der Waals surface area contributed by atoms with Gasteiger partial charge in [0.15, 0.2) is 0 Å². The molecule has 2 aromatic carbocycles. The van der Waals surface area contributed by atoms with E-state index in [1.165, 1.54) is 0 Å². The lowest BCUT2D eigenvalue weighted by molar-refractivity contribution is 0.111. The molecular weight excluding hydrogens is 426 g/mol. The Labute approximate surface area is 196 Å². The van der Waals surface area contributed by atoms with Crippen molar-refractivity contribution >= 4 is 21.9 Å². The highest BCUT2D eigenvalue weighted by Gasteiger charge is 2.26. The van der Waals surface area contributed by atoms with Crippen LogP contribution in [0.15, 0.2) is 65.8 Å². The molecule has 7 nitrogen and oxygen atoms in total. The van der Waals surface area contributed by atoms with E-state index in [2.05, 4.69) is 46.5 Å². The summed E-state index contributed by atoms with van der Waals surface area (Å²) in [6, 6.07) is 14.8. The molecule has 1 aliphatic rings. The molecule has 0 radical (unpaired) electrons. The summed E-state index contributed by atoms with van der Waals surface area (Å²) in [5.41, 5.74) is 7.04. The lowest BCUT2D eigenvalue weighted by atomic mass is 9.92. The second-order valence-corrected chi connectivity index (χ2v) is 9.38. The van der Waals surface area contributed by atoms with Crippen molar-refractivity contribution in [1.29, 1.82) is 0 Å². The third kappa shape index (κ3) is 3.35. The largest absolute Gasteiger partial charge is 0.393 e. The number of pyridine rings is 1. The first-order chi connectivity index (χ1) is 16.5. The fourth-order valence-electron chi connectivity index (χ4n) is 5.29. The van der Waals surface area contributed by atoms with E-state index < -0.39 is 0 Å². The van der Waals surface area contributed by atoms with E-state index in [0.717, 1.165) is 69.9 Å².